The van der Waals surface area contributed by atoms with Crippen LogP contribution < -0.4 is 10.1 Å². The molecule has 0 spiro atoms. The van der Waals surface area contributed by atoms with Crippen LogP contribution in [0.3, 0.4) is 0 Å². The first-order valence-electron chi connectivity index (χ1n) is 8.23. The van der Waals surface area contributed by atoms with Gasteiger partial charge in [0.25, 0.3) is 0 Å². The second-order valence-electron chi connectivity index (χ2n) is 5.70. The Morgan fingerprint density at radius 1 is 1.09 bits per heavy atom. The van der Waals surface area contributed by atoms with Gasteiger partial charge in [0.15, 0.2) is 0 Å². The van der Waals surface area contributed by atoms with Gasteiger partial charge in [0, 0.05) is 6.42 Å². The van der Waals surface area contributed by atoms with Crippen molar-refractivity contribution in [3.8, 4) is 5.75 Å². The first-order chi connectivity index (χ1) is 11.2. The molecule has 1 amide bonds. The molecule has 2 aromatic rings. The van der Waals surface area contributed by atoms with E-state index < -0.39 is 0 Å². The van der Waals surface area contributed by atoms with Crippen molar-refractivity contribution >= 4 is 5.91 Å². The Morgan fingerprint density at radius 3 is 2.43 bits per heavy atom. The predicted molar refractivity (Wildman–Crippen MR) is 93.5 cm³/mol. The van der Waals surface area contributed by atoms with Gasteiger partial charge in [-0.2, -0.15) is 0 Å². The Labute approximate surface area is 138 Å². The third-order valence-corrected chi connectivity index (χ3v) is 3.78. The van der Waals surface area contributed by atoms with E-state index in [0.29, 0.717) is 19.4 Å². The van der Waals surface area contributed by atoms with E-state index in [-0.39, 0.29) is 11.9 Å². The van der Waals surface area contributed by atoms with Crippen LogP contribution in [-0.4, -0.2) is 12.5 Å². The number of hydrogen-bond acceptors (Lipinski definition) is 2. The summed E-state index contributed by atoms with van der Waals surface area (Å²) in [5.74, 6) is 0.924. The van der Waals surface area contributed by atoms with E-state index in [1.807, 2.05) is 30.3 Å². The van der Waals surface area contributed by atoms with Crippen LogP contribution >= 0.6 is 0 Å². The first-order valence-corrected chi connectivity index (χ1v) is 8.23. The Morgan fingerprint density at radius 2 is 1.78 bits per heavy atom. The van der Waals surface area contributed by atoms with Gasteiger partial charge in [-0.3, -0.25) is 4.79 Å². The highest BCUT2D eigenvalue weighted by Crippen LogP contribution is 2.17. The van der Waals surface area contributed by atoms with Gasteiger partial charge in [-0.15, -0.1) is 0 Å². The molecule has 0 unspecified atom stereocenters. The van der Waals surface area contributed by atoms with Crippen LogP contribution in [0, 0.1) is 6.92 Å². The zero-order chi connectivity index (χ0) is 16.5. The topological polar surface area (TPSA) is 38.3 Å². The zero-order valence-electron chi connectivity index (χ0n) is 13.9. The predicted octanol–water partition coefficient (Wildman–Crippen LogP) is 4.42. The van der Waals surface area contributed by atoms with Gasteiger partial charge in [-0.05, 0) is 37.5 Å². The van der Waals surface area contributed by atoms with Crippen molar-refractivity contribution in [3.63, 3.8) is 0 Å². The number of hydrogen-bond donors (Lipinski definition) is 1. The molecule has 0 saturated carbocycles. The number of para-hydroxylation sites is 1. The molecular weight excluding hydrogens is 286 g/mol. The molecule has 122 valence electrons. The summed E-state index contributed by atoms with van der Waals surface area (Å²) in [4.78, 5) is 12.1. The van der Waals surface area contributed by atoms with Gasteiger partial charge in [0.2, 0.25) is 5.91 Å². The fourth-order valence-corrected chi connectivity index (χ4v) is 2.43. The number of carbonyl (C=O) groups excluding carboxylic acids is 1. The molecule has 0 bridgehead atoms. The highest BCUT2D eigenvalue weighted by Gasteiger charge is 2.12. The highest BCUT2D eigenvalue weighted by molar-refractivity contribution is 5.76. The molecule has 0 aliphatic heterocycles. The Kier molecular flexibility index (Phi) is 6.67. The van der Waals surface area contributed by atoms with Crippen LogP contribution in [0.15, 0.2) is 54.6 Å². The lowest BCUT2D eigenvalue weighted by molar-refractivity contribution is -0.122. The second-order valence-corrected chi connectivity index (χ2v) is 5.70. The molecule has 1 atom stereocenters. The number of ether oxygens (including phenoxy) is 1. The summed E-state index contributed by atoms with van der Waals surface area (Å²) in [5, 5.41) is 3.11. The average Bonchev–Trinajstić information content (AvgIpc) is 2.58. The van der Waals surface area contributed by atoms with Gasteiger partial charge in [0.1, 0.15) is 5.75 Å². The van der Waals surface area contributed by atoms with Gasteiger partial charge >= 0.3 is 0 Å². The van der Waals surface area contributed by atoms with Crippen molar-refractivity contribution < 1.29 is 9.53 Å². The maximum Gasteiger partial charge on any atom is 0.220 e. The minimum Gasteiger partial charge on any atom is -0.494 e. The molecule has 0 aliphatic rings. The summed E-state index contributed by atoms with van der Waals surface area (Å²) < 4.78 is 5.61. The third kappa shape index (κ3) is 5.78. The number of aryl methyl sites for hydroxylation is 1. The van der Waals surface area contributed by atoms with Crippen molar-refractivity contribution in [3.05, 3.63) is 65.7 Å². The largest absolute Gasteiger partial charge is 0.494 e. The van der Waals surface area contributed by atoms with Crippen LogP contribution in [0.5, 0.6) is 5.75 Å². The summed E-state index contributed by atoms with van der Waals surface area (Å²) in [7, 11) is 0. The quantitative estimate of drug-likeness (QED) is 0.733. The van der Waals surface area contributed by atoms with E-state index in [1.54, 1.807) is 0 Å². The molecule has 3 nitrogen and oxygen atoms in total. The molecule has 2 aromatic carbocycles. The molecule has 0 aliphatic carbocycles. The van der Waals surface area contributed by atoms with Crippen LogP contribution in [0.25, 0.3) is 0 Å². The minimum absolute atomic E-state index is 0.0779. The van der Waals surface area contributed by atoms with E-state index in [9.17, 15) is 4.79 Å². The van der Waals surface area contributed by atoms with Gasteiger partial charge < -0.3 is 10.1 Å². The van der Waals surface area contributed by atoms with E-state index in [2.05, 4.69) is 43.4 Å². The first kappa shape index (κ1) is 17.1. The minimum atomic E-state index is 0.0779. The van der Waals surface area contributed by atoms with Gasteiger partial charge in [-0.25, -0.2) is 0 Å². The summed E-state index contributed by atoms with van der Waals surface area (Å²) >= 11 is 0. The molecule has 0 fully saturated rings. The number of nitrogens with one attached hydrogen (secondary N) is 1. The molecule has 0 radical (unpaired) electrons. The average molecular weight is 311 g/mol. The van der Waals surface area contributed by atoms with Crippen molar-refractivity contribution in [2.45, 2.75) is 39.2 Å². The lowest BCUT2D eigenvalue weighted by Crippen LogP contribution is -2.28. The molecule has 1 N–H and O–H groups in total. The standard InChI is InChI=1S/C20H25NO2/c1-3-19(17-13-11-16(2)12-14-17)21-20(22)10-7-15-23-18-8-5-4-6-9-18/h4-6,8-9,11-14,19H,3,7,10,15H2,1-2H3,(H,21,22)/t19-/m0/s1. The van der Waals surface area contributed by atoms with Crippen molar-refractivity contribution in [1.29, 1.82) is 0 Å². The Hall–Kier alpha value is -2.29. The lowest BCUT2D eigenvalue weighted by Gasteiger charge is -2.17. The number of amides is 1. The van der Waals surface area contributed by atoms with Crippen LogP contribution in [0.2, 0.25) is 0 Å². The molecule has 0 saturated heterocycles. The van der Waals surface area contributed by atoms with E-state index in [4.69, 9.17) is 4.74 Å². The van der Waals surface area contributed by atoms with Gasteiger partial charge in [0.05, 0.1) is 12.6 Å². The third-order valence-electron chi connectivity index (χ3n) is 3.78. The summed E-state index contributed by atoms with van der Waals surface area (Å²) in [6.45, 7) is 4.71. The normalized spacial score (nSPS) is 11.7. The fraction of sp³-hybridized carbons (Fsp3) is 0.350. The number of rotatable bonds is 8. The van der Waals surface area contributed by atoms with Crippen molar-refractivity contribution in [2.75, 3.05) is 6.61 Å². The van der Waals surface area contributed by atoms with Crippen molar-refractivity contribution in [1.82, 2.24) is 5.32 Å². The molecular formula is C20H25NO2. The number of carbonyl (C=O) groups is 1. The van der Waals surface area contributed by atoms with Crippen LogP contribution in [0.1, 0.15) is 43.4 Å². The number of benzene rings is 2. The Balaban J connectivity index is 1.73. The van der Waals surface area contributed by atoms with Crippen molar-refractivity contribution in [2.24, 2.45) is 0 Å². The lowest BCUT2D eigenvalue weighted by atomic mass is 10.0. The maximum atomic E-state index is 12.1. The monoisotopic (exact) mass is 311 g/mol. The highest BCUT2D eigenvalue weighted by atomic mass is 16.5. The smallest absolute Gasteiger partial charge is 0.220 e. The van der Waals surface area contributed by atoms with Crippen LogP contribution in [-0.2, 0) is 4.79 Å². The SMILES string of the molecule is CC[C@H](NC(=O)CCCOc1ccccc1)c1ccc(C)cc1. The fourth-order valence-electron chi connectivity index (χ4n) is 2.43. The maximum absolute atomic E-state index is 12.1. The molecule has 0 aromatic heterocycles. The zero-order valence-corrected chi connectivity index (χ0v) is 13.9. The molecule has 0 heterocycles. The molecule has 2 rings (SSSR count). The van der Waals surface area contributed by atoms with E-state index in [1.165, 1.54) is 5.56 Å². The summed E-state index contributed by atoms with van der Waals surface area (Å²) in [5.41, 5.74) is 2.39. The molecule has 23 heavy (non-hydrogen) atoms. The Bertz CT molecular complexity index is 593. The summed E-state index contributed by atoms with van der Waals surface area (Å²) in [6.07, 6.45) is 2.08. The van der Waals surface area contributed by atoms with Gasteiger partial charge in [-0.1, -0.05) is 55.0 Å². The van der Waals surface area contributed by atoms with E-state index in [0.717, 1.165) is 17.7 Å². The summed E-state index contributed by atoms with van der Waals surface area (Å²) in [6, 6.07) is 18.1. The van der Waals surface area contributed by atoms with Crippen LogP contribution in [0.4, 0.5) is 0 Å². The van der Waals surface area contributed by atoms with E-state index >= 15 is 0 Å². The molecule has 3 heteroatoms. The second kappa shape index (κ2) is 8.99.